The first-order chi connectivity index (χ1) is 22.4. The lowest BCUT2D eigenvalue weighted by Gasteiger charge is -2.26. The Labute approximate surface area is 288 Å². The van der Waals surface area contributed by atoms with Crippen molar-refractivity contribution < 1.29 is 14.4 Å². The molecule has 0 radical (unpaired) electrons. The number of anilines is 3. The number of alkyl halides is 1. The number of ketones is 1. The first-order valence-corrected chi connectivity index (χ1v) is 17.6. The molecule has 0 heterocycles. The van der Waals surface area contributed by atoms with E-state index < -0.39 is 5.97 Å². The standard InChI is InChI=1S/C39H35IN2O3S/c1-28-9-6-7-12-37(28)39(44)32-18-22-35(23-19-32)42(33-10-4-3-5-11-33)34-20-16-31(17-21-34)38(41-45-29(2)43)13-8-26-46-36-24-14-30(27-40)15-25-36/h3-7,9-12,14-25H,8,13,26-27H2,1-2H3/b41-38+. The number of oxime groups is 1. The van der Waals surface area contributed by atoms with E-state index in [4.69, 9.17) is 4.84 Å². The van der Waals surface area contributed by atoms with Gasteiger partial charge in [-0.05, 0) is 103 Å². The number of rotatable bonds is 13. The Morgan fingerprint density at radius 1 is 0.739 bits per heavy atom. The highest BCUT2D eigenvalue weighted by Gasteiger charge is 2.16. The van der Waals surface area contributed by atoms with Crippen molar-refractivity contribution in [2.45, 2.75) is 36.0 Å². The van der Waals surface area contributed by atoms with E-state index in [2.05, 4.69) is 69.0 Å². The molecule has 5 aromatic carbocycles. The van der Waals surface area contributed by atoms with E-state index in [0.717, 1.165) is 50.5 Å². The Hall–Kier alpha value is -4.21. The highest BCUT2D eigenvalue weighted by atomic mass is 127. The largest absolute Gasteiger partial charge is 0.331 e. The van der Waals surface area contributed by atoms with Crippen LogP contribution in [0.4, 0.5) is 17.1 Å². The van der Waals surface area contributed by atoms with Gasteiger partial charge in [0.25, 0.3) is 0 Å². The Morgan fingerprint density at radius 2 is 1.33 bits per heavy atom. The van der Waals surface area contributed by atoms with E-state index in [1.54, 1.807) is 0 Å². The molecule has 0 unspecified atom stereocenters. The number of nitrogens with zero attached hydrogens (tertiary/aromatic N) is 2. The third-order valence-corrected chi connectivity index (χ3v) is 9.42. The van der Waals surface area contributed by atoms with Crippen LogP contribution in [0.2, 0.25) is 0 Å². The lowest BCUT2D eigenvalue weighted by molar-refractivity contribution is -0.140. The van der Waals surface area contributed by atoms with Crippen LogP contribution in [-0.4, -0.2) is 23.2 Å². The number of hydrogen-bond donors (Lipinski definition) is 0. The molecule has 5 aromatic rings. The molecular formula is C39H35IN2O3S. The topological polar surface area (TPSA) is 59.0 Å². The summed E-state index contributed by atoms with van der Waals surface area (Å²) in [7, 11) is 0. The fourth-order valence-electron chi connectivity index (χ4n) is 5.04. The van der Waals surface area contributed by atoms with Gasteiger partial charge in [0.15, 0.2) is 5.78 Å². The molecule has 0 amide bonds. The van der Waals surface area contributed by atoms with Gasteiger partial charge in [0, 0.05) is 44.4 Å². The highest BCUT2D eigenvalue weighted by molar-refractivity contribution is 14.1. The second kappa shape index (κ2) is 16.4. The molecule has 0 saturated heterocycles. The monoisotopic (exact) mass is 738 g/mol. The zero-order valence-corrected chi connectivity index (χ0v) is 28.8. The van der Waals surface area contributed by atoms with Crippen LogP contribution in [0.25, 0.3) is 0 Å². The highest BCUT2D eigenvalue weighted by Crippen LogP contribution is 2.35. The molecule has 0 fully saturated rings. The van der Waals surface area contributed by atoms with Crippen molar-refractivity contribution in [3.05, 3.63) is 155 Å². The van der Waals surface area contributed by atoms with Gasteiger partial charge in [-0.25, -0.2) is 4.79 Å². The van der Waals surface area contributed by atoms with Crippen molar-refractivity contribution in [3.8, 4) is 0 Å². The van der Waals surface area contributed by atoms with Crippen LogP contribution in [0.15, 0.2) is 137 Å². The number of aryl methyl sites for hydroxylation is 1. The van der Waals surface area contributed by atoms with Gasteiger partial charge in [-0.15, -0.1) is 11.8 Å². The summed E-state index contributed by atoms with van der Waals surface area (Å²) < 4.78 is 1.00. The summed E-state index contributed by atoms with van der Waals surface area (Å²) in [5, 5.41) is 4.22. The van der Waals surface area contributed by atoms with Crippen LogP contribution in [0.3, 0.4) is 0 Å². The number of halogens is 1. The summed E-state index contributed by atoms with van der Waals surface area (Å²) in [6.07, 6.45) is 1.55. The van der Waals surface area contributed by atoms with Gasteiger partial charge in [-0.1, -0.05) is 94.5 Å². The SMILES string of the molecule is CC(=O)O/N=C(\CCCSc1ccc(CI)cc1)c1ccc(N(c2ccccc2)c2ccc(C(=O)c3ccccc3C)cc2)cc1. The summed E-state index contributed by atoms with van der Waals surface area (Å²) >= 11 is 4.18. The molecule has 46 heavy (non-hydrogen) atoms. The van der Waals surface area contributed by atoms with Gasteiger partial charge in [0.05, 0.1) is 5.71 Å². The molecule has 0 aliphatic rings. The number of carbonyl (C=O) groups excluding carboxylic acids is 2. The molecule has 0 aliphatic heterocycles. The molecule has 232 valence electrons. The zero-order valence-electron chi connectivity index (χ0n) is 25.9. The van der Waals surface area contributed by atoms with Crippen molar-refractivity contribution >= 4 is 68.9 Å². The predicted molar refractivity (Wildman–Crippen MR) is 198 cm³/mol. The fraction of sp³-hybridized carbons (Fsp3) is 0.154. The fourth-order valence-corrected chi connectivity index (χ4v) is 6.40. The Morgan fingerprint density at radius 3 is 1.93 bits per heavy atom. The van der Waals surface area contributed by atoms with Crippen molar-refractivity contribution in [1.29, 1.82) is 0 Å². The number of hydrogen-bond acceptors (Lipinski definition) is 6. The summed E-state index contributed by atoms with van der Waals surface area (Å²) in [6, 6.07) is 42.3. The molecule has 0 spiro atoms. The minimum Gasteiger partial charge on any atom is -0.318 e. The van der Waals surface area contributed by atoms with Gasteiger partial charge in [-0.2, -0.15) is 0 Å². The van der Waals surface area contributed by atoms with Gasteiger partial charge >= 0.3 is 5.97 Å². The minimum absolute atomic E-state index is 0.00682. The van der Waals surface area contributed by atoms with Crippen LogP contribution < -0.4 is 4.90 Å². The Kier molecular flexibility index (Phi) is 11.8. The number of para-hydroxylation sites is 1. The van der Waals surface area contributed by atoms with Crippen molar-refractivity contribution in [2.24, 2.45) is 5.16 Å². The van der Waals surface area contributed by atoms with Crippen LogP contribution in [-0.2, 0) is 14.1 Å². The van der Waals surface area contributed by atoms with Gasteiger partial charge in [0.2, 0.25) is 0 Å². The minimum atomic E-state index is -0.446. The molecule has 0 atom stereocenters. The maximum atomic E-state index is 13.2. The molecule has 0 aliphatic carbocycles. The van der Waals surface area contributed by atoms with Crippen LogP contribution in [0.5, 0.6) is 0 Å². The summed E-state index contributed by atoms with van der Waals surface area (Å²) in [6.45, 7) is 3.31. The molecule has 0 N–H and O–H groups in total. The third-order valence-electron chi connectivity index (χ3n) is 7.44. The number of benzene rings is 5. The first-order valence-electron chi connectivity index (χ1n) is 15.1. The van der Waals surface area contributed by atoms with Gasteiger partial charge in [-0.3, -0.25) is 4.79 Å². The number of thioether (sulfide) groups is 1. The summed E-state index contributed by atoms with van der Waals surface area (Å²) in [5.41, 5.74) is 8.12. The van der Waals surface area contributed by atoms with E-state index >= 15 is 0 Å². The van der Waals surface area contributed by atoms with Gasteiger partial charge < -0.3 is 9.74 Å². The lowest BCUT2D eigenvalue weighted by atomic mass is 9.99. The lowest BCUT2D eigenvalue weighted by Crippen LogP contribution is -2.11. The third kappa shape index (κ3) is 8.73. The smallest absolute Gasteiger partial charge is 0.318 e. The zero-order chi connectivity index (χ0) is 32.3. The summed E-state index contributed by atoms with van der Waals surface area (Å²) in [5.74, 6) is 0.482. The van der Waals surface area contributed by atoms with Crippen molar-refractivity contribution in [2.75, 3.05) is 10.7 Å². The van der Waals surface area contributed by atoms with E-state index in [9.17, 15) is 9.59 Å². The summed E-state index contributed by atoms with van der Waals surface area (Å²) in [4.78, 5) is 33.3. The van der Waals surface area contributed by atoms with Crippen LogP contribution in [0.1, 0.15) is 52.4 Å². The maximum Gasteiger partial charge on any atom is 0.331 e. The molecule has 0 bridgehead atoms. The Bertz CT molecular complexity index is 1790. The van der Waals surface area contributed by atoms with E-state index in [0.29, 0.717) is 17.5 Å². The normalized spacial score (nSPS) is 11.2. The quantitative estimate of drug-likeness (QED) is 0.0176. The Balaban J connectivity index is 1.35. The first kappa shape index (κ1) is 33.2. The second-order valence-electron chi connectivity index (χ2n) is 10.8. The predicted octanol–water partition coefficient (Wildman–Crippen LogP) is 10.5. The molecule has 0 aromatic heterocycles. The average molecular weight is 739 g/mol. The van der Waals surface area contributed by atoms with Gasteiger partial charge in [0.1, 0.15) is 0 Å². The molecular weight excluding hydrogens is 703 g/mol. The van der Waals surface area contributed by atoms with E-state index in [1.165, 1.54) is 17.4 Å². The maximum absolute atomic E-state index is 13.2. The van der Waals surface area contributed by atoms with E-state index in [1.807, 2.05) is 110 Å². The van der Waals surface area contributed by atoms with Crippen LogP contribution in [0, 0.1) is 6.92 Å². The second-order valence-corrected chi connectivity index (χ2v) is 12.7. The van der Waals surface area contributed by atoms with Crippen LogP contribution >= 0.6 is 34.4 Å². The van der Waals surface area contributed by atoms with E-state index in [-0.39, 0.29) is 5.78 Å². The number of carbonyl (C=O) groups is 2. The molecule has 0 saturated carbocycles. The molecule has 5 rings (SSSR count). The molecule has 7 heteroatoms. The van der Waals surface area contributed by atoms with Crippen molar-refractivity contribution in [1.82, 2.24) is 0 Å². The van der Waals surface area contributed by atoms with Crippen molar-refractivity contribution in [3.63, 3.8) is 0 Å². The molecule has 5 nitrogen and oxygen atoms in total. The average Bonchev–Trinajstić information content (AvgIpc) is 3.09.